The van der Waals surface area contributed by atoms with Crippen molar-refractivity contribution in [2.45, 2.75) is 18.7 Å². The molecule has 32 heavy (non-hydrogen) atoms. The number of nitrogens with one attached hydrogen (secondary N) is 1. The van der Waals surface area contributed by atoms with E-state index in [9.17, 15) is 8.42 Å². The maximum absolute atomic E-state index is 13.4. The van der Waals surface area contributed by atoms with Gasteiger partial charge in [0.1, 0.15) is 4.90 Å². The van der Waals surface area contributed by atoms with Crippen molar-refractivity contribution in [2.24, 2.45) is 0 Å². The molecule has 3 aromatic carbocycles. The van der Waals surface area contributed by atoms with Gasteiger partial charge in [-0.05, 0) is 48.9 Å². The van der Waals surface area contributed by atoms with Crippen LogP contribution in [0.1, 0.15) is 12.5 Å². The van der Waals surface area contributed by atoms with Crippen LogP contribution in [0.5, 0.6) is 0 Å². The molecular formula is C25H28ClN3O2S. The monoisotopic (exact) mass is 469 g/mol. The maximum Gasteiger partial charge on any atom is 0.263 e. The molecule has 168 valence electrons. The molecule has 1 fully saturated rings. The number of sulfonamides is 1. The third-order valence-corrected chi connectivity index (χ3v) is 7.88. The lowest BCUT2D eigenvalue weighted by molar-refractivity contribution is 0.271. The molecule has 0 aliphatic carbocycles. The smallest absolute Gasteiger partial charge is 0.263 e. The largest absolute Gasteiger partial charge is 0.369 e. The third kappa shape index (κ3) is 4.77. The second-order valence-corrected chi connectivity index (χ2v) is 10.0. The molecule has 0 atom stereocenters. The first-order valence-corrected chi connectivity index (χ1v) is 12.7. The van der Waals surface area contributed by atoms with Gasteiger partial charge in [-0.3, -0.25) is 4.72 Å². The Bertz CT molecular complexity index is 1190. The van der Waals surface area contributed by atoms with E-state index < -0.39 is 10.0 Å². The molecule has 1 heterocycles. The fourth-order valence-corrected chi connectivity index (χ4v) is 5.76. The Kier molecular flexibility index (Phi) is 6.74. The average molecular weight is 470 g/mol. The molecule has 4 rings (SSSR count). The summed E-state index contributed by atoms with van der Waals surface area (Å²) in [6, 6.07) is 20.5. The molecule has 0 amide bonds. The van der Waals surface area contributed by atoms with E-state index in [2.05, 4.69) is 21.4 Å². The maximum atomic E-state index is 13.4. The molecule has 3 aromatic rings. The standard InChI is InChI=1S/C25H28ClN3O2S/c1-3-28-13-15-29(16-14-28)21-17-23(22-12-8-7-9-19(22)2)25(26)24(18-21)32(30,31)27-20-10-5-4-6-11-20/h4-12,17-18,27H,3,13-16H2,1-2H3. The lowest BCUT2D eigenvalue weighted by Gasteiger charge is -2.36. The van der Waals surface area contributed by atoms with Crippen LogP contribution in [-0.2, 0) is 10.0 Å². The van der Waals surface area contributed by atoms with Crippen molar-refractivity contribution in [3.05, 3.63) is 77.3 Å². The number of likely N-dealkylation sites (N-methyl/N-ethyl adjacent to an activating group) is 1. The van der Waals surface area contributed by atoms with Crippen molar-refractivity contribution in [3.8, 4) is 11.1 Å². The van der Waals surface area contributed by atoms with Crippen molar-refractivity contribution in [3.63, 3.8) is 0 Å². The second-order valence-electron chi connectivity index (χ2n) is 8.01. The highest BCUT2D eigenvalue weighted by molar-refractivity contribution is 7.92. The Morgan fingerprint density at radius 2 is 1.56 bits per heavy atom. The number of piperazine rings is 1. The molecule has 0 radical (unpaired) electrons. The predicted molar refractivity (Wildman–Crippen MR) is 133 cm³/mol. The van der Waals surface area contributed by atoms with Crippen LogP contribution in [0.4, 0.5) is 11.4 Å². The molecule has 0 unspecified atom stereocenters. The van der Waals surface area contributed by atoms with Gasteiger partial charge in [-0.25, -0.2) is 8.42 Å². The van der Waals surface area contributed by atoms with Gasteiger partial charge in [-0.15, -0.1) is 0 Å². The molecule has 0 aromatic heterocycles. The van der Waals surface area contributed by atoms with E-state index in [-0.39, 0.29) is 9.92 Å². The van der Waals surface area contributed by atoms with Gasteiger partial charge < -0.3 is 9.80 Å². The van der Waals surface area contributed by atoms with E-state index in [4.69, 9.17) is 11.6 Å². The number of halogens is 1. The van der Waals surface area contributed by atoms with Crippen LogP contribution >= 0.6 is 11.6 Å². The van der Waals surface area contributed by atoms with Crippen LogP contribution in [0.25, 0.3) is 11.1 Å². The van der Waals surface area contributed by atoms with E-state index in [1.54, 1.807) is 30.3 Å². The molecule has 0 bridgehead atoms. The summed E-state index contributed by atoms with van der Waals surface area (Å²) in [4.78, 5) is 4.73. The van der Waals surface area contributed by atoms with Crippen molar-refractivity contribution in [2.75, 3.05) is 42.3 Å². The number of hydrogen-bond donors (Lipinski definition) is 1. The van der Waals surface area contributed by atoms with Gasteiger partial charge in [0.15, 0.2) is 0 Å². The highest BCUT2D eigenvalue weighted by Crippen LogP contribution is 2.39. The summed E-state index contributed by atoms with van der Waals surface area (Å²) in [5.41, 5.74) is 4.08. The Morgan fingerprint density at radius 3 is 2.22 bits per heavy atom. The molecule has 1 aliphatic rings. The zero-order valence-electron chi connectivity index (χ0n) is 18.4. The minimum absolute atomic E-state index is 0.0942. The molecular weight excluding hydrogens is 442 g/mol. The van der Waals surface area contributed by atoms with Crippen LogP contribution in [0, 0.1) is 6.92 Å². The number of para-hydroxylation sites is 1. The van der Waals surface area contributed by atoms with Gasteiger partial charge in [0, 0.05) is 43.1 Å². The van der Waals surface area contributed by atoms with E-state index in [0.717, 1.165) is 55.1 Å². The summed E-state index contributed by atoms with van der Waals surface area (Å²) < 4.78 is 29.5. The summed E-state index contributed by atoms with van der Waals surface area (Å²) >= 11 is 6.78. The molecule has 0 spiro atoms. The first kappa shape index (κ1) is 22.6. The fourth-order valence-electron chi connectivity index (χ4n) is 4.07. The SMILES string of the molecule is CCN1CCN(c2cc(-c3ccccc3C)c(Cl)c(S(=O)(=O)Nc3ccccc3)c2)CC1. The van der Waals surface area contributed by atoms with Crippen molar-refractivity contribution in [1.29, 1.82) is 0 Å². The van der Waals surface area contributed by atoms with Gasteiger partial charge in [-0.2, -0.15) is 0 Å². The third-order valence-electron chi connectivity index (χ3n) is 5.96. The van der Waals surface area contributed by atoms with Gasteiger partial charge in [-0.1, -0.05) is 61.0 Å². The first-order valence-electron chi connectivity index (χ1n) is 10.8. The normalized spacial score (nSPS) is 15.0. The number of hydrogen-bond acceptors (Lipinski definition) is 4. The Morgan fingerprint density at radius 1 is 0.906 bits per heavy atom. The average Bonchev–Trinajstić information content (AvgIpc) is 2.80. The van der Waals surface area contributed by atoms with Crippen LogP contribution in [0.2, 0.25) is 5.02 Å². The van der Waals surface area contributed by atoms with Gasteiger partial charge in [0.25, 0.3) is 10.0 Å². The van der Waals surface area contributed by atoms with Crippen LogP contribution in [-0.4, -0.2) is 46.0 Å². The van der Waals surface area contributed by atoms with E-state index in [1.165, 1.54) is 0 Å². The van der Waals surface area contributed by atoms with Gasteiger partial charge >= 0.3 is 0 Å². The summed E-state index contributed by atoms with van der Waals surface area (Å²) in [6.45, 7) is 8.77. The lowest BCUT2D eigenvalue weighted by Crippen LogP contribution is -2.46. The molecule has 1 N–H and O–H groups in total. The second kappa shape index (κ2) is 9.53. The Labute approximate surface area is 195 Å². The van der Waals surface area contributed by atoms with Crippen LogP contribution in [0.3, 0.4) is 0 Å². The van der Waals surface area contributed by atoms with Crippen molar-refractivity contribution in [1.82, 2.24) is 4.90 Å². The van der Waals surface area contributed by atoms with E-state index in [0.29, 0.717) is 5.69 Å². The van der Waals surface area contributed by atoms with Crippen molar-refractivity contribution < 1.29 is 8.42 Å². The van der Waals surface area contributed by atoms with Crippen LogP contribution < -0.4 is 9.62 Å². The zero-order chi connectivity index (χ0) is 22.7. The van der Waals surface area contributed by atoms with Crippen molar-refractivity contribution >= 4 is 33.0 Å². The minimum Gasteiger partial charge on any atom is -0.369 e. The summed E-state index contributed by atoms with van der Waals surface area (Å²) in [5.74, 6) is 0. The number of rotatable bonds is 6. The first-order chi connectivity index (χ1) is 15.4. The van der Waals surface area contributed by atoms with Crippen LogP contribution in [0.15, 0.2) is 71.6 Å². The zero-order valence-corrected chi connectivity index (χ0v) is 20.0. The highest BCUT2D eigenvalue weighted by atomic mass is 35.5. The number of aryl methyl sites for hydroxylation is 1. The number of benzene rings is 3. The Hall–Kier alpha value is -2.54. The fraction of sp³-hybridized carbons (Fsp3) is 0.280. The quantitative estimate of drug-likeness (QED) is 0.535. The molecule has 0 saturated carbocycles. The topological polar surface area (TPSA) is 52.7 Å². The predicted octanol–water partition coefficient (Wildman–Crippen LogP) is 5.26. The Balaban J connectivity index is 1.82. The number of nitrogens with zero attached hydrogens (tertiary/aromatic N) is 2. The minimum atomic E-state index is -3.88. The molecule has 1 saturated heterocycles. The summed E-state index contributed by atoms with van der Waals surface area (Å²) in [7, 11) is -3.88. The van der Waals surface area contributed by atoms with E-state index >= 15 is 0 Å². The van der Waals surface area contributed by atoms with Gasteiger partial charge in [0.05, 0.1) is 5.02 Å². The number of anilines is 2. The summed E-state index contributed by atoms with van der Waals surface area (Å²) in [5, 5.41) is 0.235. The molecule has 1 aliphatic heterocycles. The molecule has 7 heteroatoms. The highest BCUT2D eigenvalue weighted by Gasteiger charge is 2.25. The summed E-state index contributed by atoms with van der Waals surface area (Å²) in [6.07, 6.45) is 0. The van der Waals surface area contributed by atoms with Gasteiger partial charge in [0.2, 0.25) is 0 Å². The molecule has 5 nitrogen and oxygen atoms in total. The lowest BCUT2D eigenvalue weighted by atomic mass is 9.99. The van der Waals surface area contributed by atoms with E-state index in [1.807, 2.05) is 43.3 Å².